The van der Waals surface area contributed by atoms with Crippen LogP contribution in [0.25, 0.3) is 0 Å². The van der Waals surface area contributed by atoms with Crippen molar-refractivity contribution in [2.45, 2.75) is 33.6 Å². The molecule has 1 aliphatic rings. The lowest BCUT2D eigenvalue weighted by Gasteiger charge is -2.28. The SMILES string of the molecule is Cc1ccc2c(n1)CCC(C)(C)C2=O. The summed E-state index contributed by atoms with van der Waals surface area (Å²) in [4.78, 5) is 16.4. The van der Waals surface area contributed by atoms with Gasteiger partial charge < -0.3 is 0 Å². The number of hydrogen-bond donors (Lipinski definition) is 0. The van der Waals surface area contributed by atoms with Gasteiger partial charge in [-0.25, -0.2) is 0 Å². The van der Waals surface area contributed by atoms with Crippen LogP contribution in [0.2, 0.25) is 0 Å². The number of rotatable bonds is 0. The Hall–Kier alpha value is -1.18. The first-order chi connectivity index (χ1) is 6.50. The highest BCUT2D eigenvalue weighted by molar-refractivity contribution is 6.01. The van der Waals surface area contributed by atoms with E-state index in [9.17, 15) is 4.79 Å². The fourth-order valence-electron chi connectivity index (χ4n) is 1.92. The van der Waals surface area contributed by atoms with Crippen molar-refractivity contribution in [2.24, 2.45) is 5.41 Å². The molecule has 2 nitrogen and oxygen atoms in total. The van der Waals surface area contributed by atoms with Crippen LogP contribution in [0.15, 0.2) is 12.1 Å². The predicted molar refractivity (Wildman–Crippen MR) is 55.4 cm³/mol. The first-order valence-electron chi connectivity index (χ1n) is 5.02. The van der Waals surface area contributed by atoms with Crippen molar-refractivity contribution in [1.82, 2.24) is 4.98 Å². The second-order valence-corrected chi connectivity index (χ2v) is 4.66. The van der Waals surface area contributed by atoms with Gasteiger partial charge in [-0.15, -0.1) is 0 Å². The van der Waals surface area contributed by atoms with E-state index in [4.69, 9.17) is 0 Å². The van der Waals surface area contributed by atoms with Gasteiger partial charge in [0.2, 0.25) is 0 Å². The number of aryl methyl sites for hydroxylation is 2. The summed E-state index contributed by atoms with van der Waals surface area (Å²) >= 11 is 0. The Morgan fingerprint density at radius 1 is 1.36 bits per heavy atom. The van der Waals surface area contributed by atoms with Gasteiger partial charge in [0.15, 0.2) is 5.78 Å². The van der Waals surface area contributed by atoms with Crippen LogP contribution in [-0.4, -0.2) is 10.8 Å². The van der Waals surface area contributed by atoms with Crippen molar-refractivity contribution in [3.63, 3.8) is 0 Å². The minimum absolute atomic E-state index is 0.204. The fraction of sp³-hybridized carbons (Fsp3) is 0.500. The lowest BCUT2D eigenvalue weighted by Crippen LogP contribution is -2.31. The van der Waals surface area contributed by atoms with Crippen LogP contribution < -0.4 is 0 Å². The summed E-state index contributed by atoms with van der Waals surface area (Å²) in [5.41, 5.74) is 2.60. The van der Waals surface area contributed by atoms with E-state index in [-0.39, 0.29) is 11.2 Å². The van der Waals surface area contributed by atoms with E-state index in [2.05, 4.69) is 4.98 Å². The molecule has 1 aromatic rings. The Morgan fingerprint density at radius 2 is 2.07 bits per heavy atom. The minimum Gasteiger partial charge on any atom is -0.294 e. The smallest absolute Gasteiger partial charge is 0.170 e. The molecule has 0 aromatic carbocycles. The molecule has 0 atom stereocenters. The van der Waals surface area contributed by atoms with Gasteiger partial charge in [0.05, 0.1) is 5.69 Å². The third-order valence-electron chi connectivity index (χ3n) is 2.96. The standard InChI is InChI=1S/C12H15NO/c1-8-4-5-9-10(13-8)6-7-12(2,3)11(9)14/h4-5H,6-7H2,1-3H3. The Labute approximate surface area is 84.4 Å². The third-order valence-corrected chi connectivity index (χ3v) is 2.96. The van der Waals surface area contributed by atoms with Gasteiger partial charge in [0.25, 0.3) is 0 Å². The highest BCUT2D eigenvalue weighted by atomic mass is 16.1. The molecule has 0 unspecified atom stereocenters. The van der Waals surface area contributed by atoms with Gasteiger partial charge in [-0.1, -0.05) is 13.8 Å². The fourth-order valence-corrected chi connectivity index (χ4v) is 1.92. The van der Waals surface area contributed by atoms with Gasteiger partial charge in [0, 0.05) is 16.7 Å². The second kappa shape index (κ2) is 2.91. The number of hydrogen-bond acceptors (Lipinski definition) is 2. The molecule has 2 rings (SSSR count). The Bertz CT molecular complexity index is 393. The van der Waals surface area contributed by atoms with Crippen molar-refractivity contribution in [2.75, 3.05) is 0 Å². The molecule has 1 heterocycles. The van der Waals surface area contributed by atoms with Gasteiger partial charge in [-0.3, -0.25) is 9.78 Å². The van der Waals surface area contributed by atoms with Gasteiger partial charge in [0.1, 0.15) is 0 Å². The molecule has 0 N–H and O–H groups in total. The van der Waals surface area contributed by atoms with E-state index in [1.54, 1.807) is 0 Å². The average molecular weight is 189 g/mol. The maximum atomic E-state index is 12.0. The minimum atomic E-state index is -0.204. The zero-order chi connectivity index (χ0) is 10.3. The third kappa shape index (κ3) is 1.35. The van der Waals surface area contributed by atoms with Crippen LogP contribution in [0.5, 0.6) is 0 Å². The Kier molecular flexibility index (Phi) is 1.95. The molecule has 74 valence electrons. The number of pyridine rings is 1. The Morgan fingerprint density at radius 3 is 2.79 bits per heavy atom. The predicted octanol–water partition coefficient (Wildman–Crippen LogP) is 2.55. The first-order valence-corrected chi connectivity index (χ1v) is 5.02. The quantitative estimate of drug-likeness (QED) is 0.627. The summed E-state index contributed by atoms with van der Waals surface area (Å²) in [6, 6.07) is 3.83. The normalized spacial score (nSPS) is 19.2. The van der Waals surface area contributed by atoms with Crippen LogP contribution in [0, 0.1) is 12.3 Å². The highest BCUT2D eigenvalue weighted by Gasteiger charge is 2.34. The molecule has 0 spiro atoms. The van der Waals surface area contributed by atoms with Crippen molar-refractivity contribution >= 4 is 5.78 Å². The maximum Gasteiger partial charge on any atom is 0.170 e. The monoisotopic (exact) mass is 189 g/mol. The molecule has 0 saturated carbocycles. The van der Waals surface area contributed by atoms with Crippen molar-refractivity contribution < 1.29 is 4.79 Å². The number of aromatic nitrogens is 1. The van der Waals surface area contributed by atoms with E-state index >= 15 is 0 Å². The van der Waals surface area contributed by atoms with Crippen LogP contribution in [0.3, 0.4) is 0 Å². The molecular weight excluding hydrogens is 174 g/mol. The average Bonchev–Trinajstić information content (AvgIpc) is 2.12. The number of Topliss-reactive ketones (excluding diaryl/α,β-unsaturated/α-hetero) is 1. The lowest BCUT2D eigenvalue weighted by molar-refractivity contribution is 0.0809. The molecule has 1 aromatic heterocycles. The van der Waals surface area contributed by atoms with E-state index in [0.29, 0.717) is 0 Å². The highest BCUT2D eigenvalue weighted by Crippen LogP contribution is 2.33. The number of fused-ring (bicyclic) bond motifs is 1. The van der Waals surface area contributed by atoms with Gasteiger partial charge >= 0.3 is 0 Å². The number of carbonyl (C=O) groups is 1. The number of nitrogens with zero attached hydrogens (tertiary/aromatic N) is 1. The van der Waals surface area contributed by atoms with Crippen molar-refractivity contribution in [1.29, 1.82) is 0 Å². The summed E-state index contributed by atoms with van der Waals surface area (Å²) < 4.78 is 0. The molecule has 0 radical (unpaired) electrons. The van der Waals surface area contributed by atoms with E-state index in [1.165, 1.54) is 0 Å². The van der Waals surface area contributed by atoms with Crippen LogP contribution >= 0.6 is 0 Å². The summed E-state index contributed by atoms with van der Waals surface area (Å²) in [5.74, 6) is 0.242. The zero-order valence-corrected chi connectivity index (χ0v) is 8.92. The molecule has 14 heavy (non-hydrogen) atoms. The lowest BCUT2D eigenvalue weighted by atomic mass is 9.75. The molecular formula is C12H15NO. The maximum absolute atomic E-state index is 12.0. The van der Waals surface area contributed by atoms with Crippen molar-refractivity contribution in [3.05, 3.63) is 29.1 Å². The topological polar surface area (TPSA) is 30.0 Å². The van der Waals surface area contributed by atoms with Crippen LogP contribution in [0.1, 0.15) is 42.0 Å². The summed E-state index contributed by atoms with van der Waals surface area (Å²) in [5, 5.41) is 0. The zero-order valence-electron chi connectivity index (χ0n) is 8.92. The molecule has 0 amide bonds. The molecule has 0 fully saturated rings. The summed E-state index contributed by atoms with van der Waals surface area (Å²) in [6.07, 6.45) is 1.84. The van der Waals surface area contributed by atoms with Crippen LogP contribution in [0.4, 0.5) is 0 Å². The first kappa shape index (κ1) is 9.38. The van der Waals surface area contributed by atoms with E-state index < -0.39 is 0 Å². The molecule has 0 bridgehead atoms. The summed E-state index contributed by atoms with van der Waals surface area (Å²) in [6.45, 7) is 5.99. The van der Waals surface area contributed by atoms with Crippen molar-refractivity contribution in [3.8, 4) is 0 Å². The molecule has 2 heteroatoms. The van der Waals surface area contributed by atoms with Gasteiger partial charge in [-0.05, 0) is 31.9 Å². The second-order valence-electron chi connectivity index (χ2n) is 4.66. The van der Waals surface area contributed by atoms with E-state index in [1.807, 2.05) is 32.9 Å². The summed E-state index contributed by atoms with van der Waals surface area (Å²) in [7, 11) is 0. The van der Waals surface area contributed by atoms with Crippen LogP contribution in [-0.2, 0) is 6.42 Å². The van der Waals surface area contributed by atoms with E-state index in [0.717, 1.165) is 29.8 Å². The molecule has 0 aliphatic heterocycles. The number of carbonyl (C=O) groups excluding carboxylic acids is 1. The molecule has 0 saturated heterocycles. The molecule has 1 aliphatic carbocycles. The largest absolute Gasteiger partial charge is 0.294 e. The Balaban J connectivity index is 2.52. The number of ketones is 1. The van der Waals surface area contributed by atoms with Gasteiger partial charge in [-0.2, -0.15) is 0 Å².